The molecule has 3 aromatic rings. The molecule has 0 fully saturated rings. The van der Waals surface area contributed by atoms with Crippen molar-refractivity contribution in [1.29, 1.82) is 0 Å². The van der Waals surface area contributed by atoms with Crippen LogP contribution in [-0.2, 0) is 11.3 Å². The van der Waals surface area contributed by atoms with E-state index in [-0.39, 0.29) is 12.5 Å². The van der Waals surface area contributed by atoms with Gasteiger partial charge in [0.1, 0.15) is 11.5 Å². The van der Waals surface area contributed by atoms with Gasteiger partial charge in [0.15, 0.2) is 6.61 Å². The van der Waals surface area contributed by atoms with Crippen LogP contribution in [0.3, 0.4) is 0 Å². The number of carbonyl (C=O) groups excluding carboxylic acids is 1. The van der Waals surface area contributed by atoms with Gasteiger partial charge in [-0.25, -0.2) is 0 Å². The Kier molecular flexibility index (Phi) is 5.88. The first-order chi connectivity index (χ1) is 12.8. The van der Waals surface area contributed by atoms with Crippen LogP contribution in [0.1, 0.15) is 5.56 Å². The molecule has 26 heavy (non-hydrogen) atoms. The van der Waals surface area contributed by atoms with Crippen LogP contribution >= 0.6 is 0 Å². The van der Waals surface area contributed by atoms with E-state index in [1.807, 2.05) is 66.7 Å². The summed E-state index contributed by atoms with van der Waals surface area (Å²) in [5.41, 5.74) is 3.18. The zero-order valence-corrected chi connectivity index (χ0v) is 14.6. The summed E-state index contributed by atoms with van der Waals surface area (Å²) in [6.07, 6.45) is 0. The molecule has 0 atom stereocenters. The van der Waals surface area contributed by atoms with Crippen molar-refractivity contribution in [3.8, 4) is 22.6 Å². The highest BCUT2D eigenvalue weighted by Gasteiger charge is 2.06. The van der Waals surface area contributed by atoms with Gasteiger partial charge in [-0.1, -0.05) is 60.7 Å². The van der Waals surface area contributed by atoms with E-state index in [0.29, 0.717) is 12.3 Å². The number of benzene rings is 3. The van der Waals surface area contributed by atoms with E-state index >= 15 is 0 Å². The molecule has 1 amide bonds. The molecule has 0 radical (unpaired) electrons. The topological polar surface area (TPSA) is 47.6 Å². The number of amides is 1. The Morgan fingerprint density at radius 2 is 1.50 bits per heavy atom. The van der Waals surface area contributed by atoms with Crippen molar-refractivity contribution in [1.82, 2.24) is 5.32 Å². The summed E-state index contributed by atoms with van der Waals surface area (Å²) in [6.45, 7) is 0.374. The third-order valence-electron chi connectivity index (χ3n) is 4.00. The summed E-state index contributed by atoms with van der Waals surface area (Å²) in [4.78, 5) is 12.0. The van der Waals surface area contributed by atoms with E-state index in [9.17, 15) is 4.79 Å². The summed E-state index contributed by atoms with van der Waals surface area (Å²) < 4.78 is 10.8. The van der Waals surface area contributed by atoms with Gasteiger partial charge in [-0.05, 0) is 29.3 Å². The van der Waals surface area contributed by atoms with Crippen LogP contribution in [0.25, 0.3) is 11.1 Å². The van der Waals surface area contributed by atoms with Gasteiger partial charge < -0.3 is 14.8 Å². The molecule has 0 bridgehead atoms. The summed E-state index contributed by atoms with van der Waals surface area (Å²) in [7, 11) is 1.61. The lowest BCUT2D eigenvalue weighted by molar-refractivity contribution is -0.123. The minimum atomic E-state index is -0.178. The fourth-order valence-electron chi connectivity index (χ4n) is 2.62. The number of hydrogen-bond acceptors (Lipinski definition) is 3. The molecule has 4 nitrogen and oxygen atoms in total. The average Bonchev–Trinajstić information content (AvgIpc) is 2.72. The Balaban J connectivity index is 1.50. The molecule has 0 spiro atoms. The summed E-state index contributed by atoms with van der Waals surface area (Å²) >= 11 is 0. The molecule has 132 valence electrons. The van der Waals surface area contributed by atoms with Crippen molar-refractivity contribution in [2.24, 2.45) is 0 Å². The monoisotopic (exact) mass is 347 g/mol. The van der Waals surface area contributed by atoms with Crippen LogP contribution in [0.2, 0.25) is 0 Å². The summed E-state index contributed by atoms with van der Waals surface area (Å²) in [6, 6.07) is 25.4. The second-order valence-corrected chi connectivity index (χ2v) is 5.77. The molecule has 0 aliphatic rings. The molecule has 0 unspecified atom stereocenters. The van der Waals surface area contributed by atoms with Crippen LogP contribution in [0, 0.1) is 0 Å². The predicted molar refractivity (Wildman–Crippen MR) is 102 cm³/mol. The van der Waals surface area contributed by atoms with E-state index in [0.717, 1.165) is 22.4 Å². The van der Waals surface area contributed by atoms with Gasteiger partial charge in [0.05, 0.1) is 7.11 Å². The molecule has 3 aromatic carbocycles. The van der Waals surface area contributed by atoms with Gasteiger partial charge in [-0.2, -0.15) is 0 Å². The number of carbonyl (C=O) groups is 1. The van der Waals surface area contributed by atoms with Gasteiger partial charge in [0.2, 0.25) is 0 Å². The molecule has 0 aliphatic carbocycles. The highest BCUT2D eigenvalue weighted by molar-refractivity contribution is 5.77. The maximum absolute atomic E-state index is 12.0. The predicted octanol–water partition coefficient (Wildman–Crippen LogP) is 4.06. The molecule has 0 saturated heterocycles. The average molecular weight is 347 g/mol. The van der Waals surface area contributed by atoms with Gasteiger partial charge in [-0.3, -0.25) is 4.79 Å². The Morgan fingerprint density at radius 1 is 0.846 bits per heavy atom. The number of hydrogen-bond donors (Lipinski definition) is 1. The maximum atomic E-state index is 12.0. The zero-order chi connectivity index (χ0) is 18.2. The fourth-order valence-corrected chi connectivity index (χ4v) is 2.62. The van der Waals surface area contributed by atoms with Crippen LogP contribution in [0.4, 0.5) is 0 Å². The first-order valence-corrected chi connectivity index (χ1v) is 8.43. The minimum Gasteiger partial charge on any atom is -0.496 e. The maximum Gasteiger partial charge on any atom is 0.258 e. The number of ether oxygens (including phenoxy) is 2. The highest BCUT2D eigenvalue weighted by Crippen LogP contribution is 2.22. The molecular formula is C22H21NO3. The Morgan fingerprint density at radius 3 is 2.23 bits per heavy atom. The zero-order valence-electron chi connectivity index (χ0n) is 14.6. The SMILES string of the molecule is COc1ccccc1CNC(=O)COc1ccc(-c2ccccc2)cc1. The minimum absolute atomic E-state index is 0.0279. The Labute approximate surface area is 153 Å². The molecule has 1 N–H and O–H groups in total. The third kappa shape index (κ3) is 4.63. The second-order valence-electron chi connectivity index (χ2n) is 5.77. The number of nitrogens with one attached hydrogen (secondary N) is 1. The van der Waals surface area contributed by atoms with E-state index in [4.69, 9.17) is 9.47 Å². The standard InChI is InChI=1S/C22H21NO3/c1-25-21-10-6-5-9-19(21)15-23-22(24)16-26-20-13-11-18(12-14-20)17-7-3-2-4-8-17/h2-14H,15-16H2,1H3,(H,23,24). The van der Waals surface area contributed by atoms with Gasteiger partial charge in [-0.15, -0.1) is 0 Å². The van der Waals surface area contributed by atoms with E-state index < -0.39 is 0 Å². The molecule has 0 saturated carbocycles. The molecular weight excluding hydrogens is 326 g/mol. The van der Waals surface area contributed by atoms with E-state index in [1.165, 1.54) is 0 Å². The van der Waals surface area contributed by atoms with Crippen molar-refractivity contribution in [2.75, 3.05) is 13.7 Å². The molecule has 0 aromatic heterocycles. The van der Waals surface area contributed by atoms with Gasteiger partial charge in [0.25, 0.3) is 5.91 Å². The Bertz CT molecular complexity index is 845. The van der Waals surface area contributed by atoms with Gasteiger partial charge >= 0.3 is 0 Å². The van der Waals surface area contributed by atoms with Gasteiger partial charge in [0, 0.05) is 12.1 Å². The summed E-state index contributed by atoms with van der Waals surface area (Å²) in [5.74, 6) is 1.24. The lowest BCUT2D eigenvalue weighted by atomic mass is 10.1. The van der Waals surface area contributed by atoms with Crippen LogP contribution < -0.4 is 14.8 Å². The van der Waals surface area contributed by atoms with Crippen molar-refractivity contribution >= 4 is 5.91 Å². The normalized spacial score (nSPS) is 10.2. The highest BCUT2D eigenvalue weighted by atomic mass is 16.5. The molecule has 0 aliphatic heterocycles. The number of rotatable bonds is 7. The van der Waals surface area contributed by atoms with E-state index in [1.54, 1.807) is 7.11 Å². The van der Waals surface area contributed by atoms with Crippen molar-refractivity contribution in [2.45, 2.75) is 6.54 Å². The van der Waals surface area contributed by atoms with Crippen LogP contribution in [-0.4, -0.2) is 19.6 Å². The number of para-hydroxylation sites is 1. The van der Waals surface area contributed by atoms with Crippen LogP contribution in [0.5, 0.6) is 11.5 Å². The largest absolute Gasteiger partial charge is 0.496 e. The molecule has 4 heteroatoms. The molecule has 3 rings (SSSR count). The number of methoxy groups -OCH3 is 1. The van der Waals surface area contributed by atoms with Crippen molar-refractivity contribution in [3.05, 3.63) is 84.4 Å². The molecule has 0 heterocycles. The lowest BCUT2D eigenvalue weighted by Crippen LogP contribution is -2.28. The first-order valence-electron chi connectivity index (χ1n) is 8.43. The van der Waals surface area contributed by atoms with Crippen LogP contribution in [0.15, 0.2) is 78.9 Å². The van der Waals surface area contributed by atoms with Crippen molar-refractivity contribution < 1.29 is 14.3 Å². The van der Waals surface area contributed by atoms with E-state index in [2.05, 4.69) is 17.4 Å². The third-order valence-corrected chi connectivity index (χ3v) is 4.00. The second kappa shape index (κ2) is 8.72. The lowest BCUT2D eigenvalue weighted by Gasteiger charge is -2.10. The summed E-state index contributed by atoms with van der Waals surface area (Å²) in [5, 5.41) is 2.84. The smallest absolute Gasteiger partial charge is 0.258 e. The Hall–Kier alpha value is -3.27. The quantitative estimate of drug-likeness (QED) is 0.701. The van der Waals surface area contributed by atoms with Crippen molar-refractivity contribution in [3.63, 3.8) is 0 Å². The first kappa shape index (κ1) is 17.5. The fraction of sp³-hybridized carbons (Fsp3) is 0.136.